The number of carbonyl (C=O) groups excluding carboxylic acids is 2. The van der Waals surface area contributed by atoms with E-state index in [2.05, 4.69) is 42.3 Å². The summed E-state index contributed by atoms with van der Waals surface area (Å²) in [4.78, 5) is 26.4. The van der Waals surface area contributed by atoms with Gasteiger partial charge in [0.1, 0.15) is 73.8 Å². The fourth-order valence-electron chi connectivity index (χ4n) is 10.2. The number of rotatable bonds is 46. The van der Waals surface area contributed by atoms with E-state index < -0.39 is 147 Å². The molecule has 0 spiro atoms. The quantitative estimate of drug-likeness (QED) is 0.0134. The van der Waals surface area contributed by atoms with Crippen molar-refractivity contribution >= 4 is 22.3 Å². The number of allylic oxidation sites excluding steroid dienone is 4. The van der Waals surface area contributed by atoms with Gasteiger partial charge in [-0.15, -0.1) is 0 Å². The Hall–Kier alpha value is -2.27. The lowest BCUT2D eigenvalue weighted by atomic mass is 9.96. The summed E-state index contributed by atoms with van der Waals surface area (Å²) in [7, 11) is -5.33. The molecule has 3 fully saturated rings. The molecule has 3 saturated heterocycles. The van der Waals surface area contributed by atoms with Gasteiger partial charge in [0.05, 0.1) is 25.9 Å². The van der Waals surface area contributed by atoms with Crippen molar-refractivity contribution in [2.24, 2.45) is 0 Å². The summed E-state index contributed by atoms with van der Waals surface area (Å²) >= 11 is 0. The molecule has 0 bridgehead atoms. The van der Waals surface area contributed by atoms with Crippen LogP contribution in [0.5, 0.6) is 0 Å². The fraction of sp³-hybridized carbons (Fsp3) is 0.898. The summed E-state index contributed by atoms with van der Waals surface area (Å²) in [5.74, 6) is -1.11. The molecule has 480 valence electrons. The highest BCUT2D eigenvalue weighted by molar-refractivity contribution is 7.80. The van der Waals surface area contributed by atoms with E-state index >= 15 is 0 Å². The van der Waals surface area contributed by atoms with Gasteiger partial charge in [0.2, 0.25) is 0 Å². The van der Waals surface area contributed by atoms with Crippen LogP contribution in [0.1, 0.15) is 213 Å². The molecule has 0 saturated carbocycles. The first-order chi connectivity index (χ1) is 39.5. The Morgan fingerprint density at radius 3 is 1.39 bits per heavy atom. The van der Waals surface area contributed by atoms with Crippen molar-refractivity contribution in [2.45, 2.75) is 312 Å². The monoisotopic (exact) mass is 1200 g/mol. The standard InChI is InChI=1S/C59H106O22S/c1-4-6-8-10-12-14-16-18-20-22-24-26-28-30-32-34-36-46(62)73-40-43(76-47(63)37-35-33-31-29-27-25-23-21-19-17-15-13-11-9-7-5-2)41-74-57-53(69)56(80-58-51(67)50(66)48(64)42(3)75-58)54(45(39-61)78-57)79-59-52(68)55(81-82(70,71)72)49(65)44(38-60)77-59/h18-21,42-45,48-61,64-69H,4-17,22-41H2,1-3H3,(H,70,71,72)/b20-18-,21-19-/t42-,43?,44+,45+,48+,49-,50+,51-,52+,53+,54-,55-,56+,57+,58+,59-/m0/s1. The first-order valence-electron chi connectivity index (χ1n) is 31.0. The van der Waals surface area contributed by atoms with Gasteiger partial charge < -0.3 is 78.7 Å². The third-order valence-electron chi connectivity index (χ3n) is 15.2. The topological polar surface area (TPSA) is 333 Å². The van der Waals surface area contributed by atoms with Gasteiger partial charge in [0, 0.05) is 12.8 Å². The van der Waals surface area contributed by atoms with Crippen molar-refractivity contribution in [3.8, 4) is 0 Å². The zero-order chi connectivity index (χ0) is 60.1. The van der Waals surface area contributed by atoms with Gasteiger partial charge in [-0.3, -0.25) is 14.1 Å². The Morgan fingerprint density at radius 2 is 0.902 bits per heavy atom. The Balaban J connectivity index is 1.65. The van der Waals surface area contributed by atoms with Gasteiger partial charge in [0.15, 0.2) is 25.0 Å². The van der Waals surface area contributed by atoms with Crippen molar-refractivity contribution in [1.29, 1.82) is 0 Å². The van der Waals surface area contributed by atoms with Crippen LogP contribution in [0, 0.1) is 0 Å². The number of hydrogen-bond donors (Lipinski definition) is 9. The second kappa shape index (κ2) is 43.4. The molecule has 3 rings (SSSR count). The van der Waals surface area contributed by atoms with Gasteiger partial charge in [-0.1, -0.05) is 154 Å². The first-order valence-corrected chi connectivity index (χ1v) is 32.3. The molecule has 0 aromatic carbocycles. The Morgan fingerprint density at radius 1 is 0.476 bits per heavy atom. The molecule has 0 amide bonds. The molecular formula is C59H106O22S. The van der Waals surface area contributed by atoms with Gasteiger partial charge in [0.25, 0.3) is 0 Å². The maximum atomic E-state index is 13.3. The van der Waals surface area contributed by atoms with E-state index in [1.54, 1.807) is 0 Å². The number of esters is 2. The number of aliphatic hydroxyl groups is 8. The van der Waals surface area contributed by atoms with Gasteiger partial charge in [-0.2, -0.15) is 8.42 Å². The minimum absolute atomic E-state index is 0.0628. The van der Waals surface area contributed by atoms with Crippen molar-refractivity contribution in [3.05, 3.63) is 24.3 Å². The molecule has 3 aliphatic rings. The molecule has 22 nitrogen and oxygen atoms in total. The molecule has 3 heterocycles. The normalized spacial score (nSPS) is 29.4. The number of ether oxygens (including phenoxy) is 8. The summed E-state index contributed by atoms with van der Waals surface area (Å²) in [6.07, 6.45) is 11.3. The molecule has 1 unspecified atom stereocenters. The summed E-state index contributed by atoms with van der Waals surface area (Å²) < 4.78 is 83.7. The highest BCUT2D eigenvalue weighted by Gasteiger charge is 2.55. The summed E-state index contributed by atoms with van der Waals surface area (Å²) in [5.41, 5.74) is 0. The Labute approximate surface area is 488 Å². The van der Waals surface area contributed by atoms with Crippen LogP contribution in [0.4, 0.5) is 0 Å². The van der Waals surface area contributed by atoms with E-state index in [0.29, 0.717) is 12.8 Å². The number of hydrogen-bond acceptors (Lipinski definition) is 21. The molecule has 3 aliphatic heterocycles. The molecular weight excluding hydrogens is 1090 g/mol. The largest absolute Gasteiger partial charge is 0.462 e. The summed E-state index contributed by atoms with van der Waals surface area (Å²) in [6, 6.07) is 0. The minimum atomic E-state index is -5.33. The smallest absolute Gasteiger partial charge is 0.397 e. The maximum Gasteiger partial charge on any atom is 0.397 e. The average molecular weight is 1200 g/mol. The summed E-state index contributed by atoms with van der Waals surface area (Å²) in [5, 5.41) is 86.3. The van der Waals surface area contributed by atoms with E-state index in [9.17, 15) is 63.4 Å². The highest BCUT2D eigenvalue weighted by Crippen LogP contribution is 2.35. The molecule has 0 aliphatic carbocycles. The average Bonchev–Trinajstić information content (AvgIpc) is 3.52. The SMILES string of the molecule is CCCCCCCC/C=C\CCCCCCCCC(=O)OCC(CO[C@@H]1O[C@H](CO)[C@H](O[C@@H]2O[C@H](CO)[C@H](O)[C@H](OS(=O)(=O)O)[C@H]2O)[C@H](O[C@H]2O[C@@H](C)[C@@H](O)[C@@H](O)[C@@H]2O)[C@H]1O)OC(=O)CCCCCCCC/C=C\CCCCCCCC. The van der Waals surface area contributed by atoms with E-state index in [1.165, 1.54) is 84.0 Å². The van der Waals surface area contributed by atoms with Crippen molar-refractivity contribution < 1.29 is 105 Å². The van der Waals surface area contributed by atoms with Crippen LogP contribution >= 0.6 is 0 Å². The van der Waals surface area contributed by atoms with E-state index in [4.69, 9.17) is 37.9 Å². The number of carbonyl (C=O) groups is 2. The molecule has 0 aromatic heterocycles. The lowest BCUT2D eigenvalue weighted by molar-refractivity contribution is -0.385. The predicted molar refractivity (Wildman–Crippen MR) is 303 cm³/mol. The number of unbranched alkanes of at least 4 members (excludes halogenated alkanes) is 24. The number of aliphatic hydroxyl groups excluding tert-OH is 8. The highest BCUT2D eigenvalue weighted by atomic mass is 32.3. The predicted octanol–water partition coefficient (Wildman–Crippen LogP) is 6.62. The fourth-order valence-corrected chi connectivity index (χ4v) is 10.7. The van der Waals surface area contributed by atoms with Crippen LogP contribution in [-0.4, -0.2) is 190 Å². The van der Waals surface area contributed by atoms with Gasteiger partial charge in [-0.05, 0) is 71.1 Å². The summed E-state index contributed by atoms with van der Waals surface area (Å²) in [6.45, 7) is 2.90. The van der Waals surface area contributed by atoms with Crippen LogP contribution in [0.3, 0.4) is 0 Å². The van der Waals surface area contributed by atoms with Crippen LogP contribution in [0.25, 0.3) is 0 Å². The van der Waals surface area contributed by atoms with Crippen LogP contribution in [-0.2, 0) is 62.1 Å². The second-order valence-corrected chi connectivity index (χ2v) is 23.3. The second-order valence-electron chi connectivity index (χ2n) is 22.3. The third-order valence-corrected chi connectivity index (χ3v) is 15.7. The molecule has 0 aromatic rings. The van der Waals surface area contributed by atoms with E-state index in [-0.39, 0.29) is 12.8 Å². The lowest BCUT2D eigenvalue weighted by Crippen LogP contribution is -2.67. The molecule has 0 radical (unpaired) electrons. The van der Waals surface area contributed by atoms with Gasteiger partial charge in [-0.25, -0.2) is 4.18 Å². The first kappa shape index (κ1) is 74.0. The van der Waals surface area contributed by atoms with Crippen LogP contribution in [0.15, 0.2) is 24.3 Å². The lowest BCUT2D eigenvalue weighted by Gasteiger charge is -2.49. The van der Waals surface area contributed by atoms with Crippen LogP contribution in [0.2, 0.25) is 0 Å². The zero-order valence-electron chi connectivity index (χ0n) is 49.3. The van der Waals surface area contributed by atoms with E-state index in [1.807, 2.05) is 0 Å². The molecule has 82 heavy (non-hydrogen) atoms. The van der Waals surface area contributed by atoms with E-state index in [0.717, 1.165) is 89.9 Å². The molecule has 23 heteroatoms. The van der Waals surface area contributed by atoms with Crippen LogP contribution < -0.4 is 0 Å². The van der Waals surface area contributed by atoms with Gasteiger partial charge >= 0.3 is 22.3 Å². The third kappa shape index (κ3) is 29.4. The van der Waals surface area contributed by atoms with Crippen molar-refractivity contribution in [2.75, 3.05) is 26.4 Å². The Bertz CT molecular complexity index is 1830. The zero-order valence-corrected chi connectivity index (χ0v) is 50.1. The minimum Gasteiger partial charge on any atom is -0.462 e. The molecule has 16 atom stereocenters. The van der Waals surface area contributed by atoms with Crippen molar-refractivity contribution in [1.82, 2.24) is 0 Å². The molecule has 9 N–H and O–H groups in total. The Kier molecular flexibility index (Phi) is 39.1. The van der Waals surface area contributed by atoms with Crippen molar-refractivity contribution in [3.63, 3.8) is 0 Å². The maximum absolute atomic E-state index is 13.3.